The lowest BCUT2D eigenvalue weighted by Gasteiger charge is -2.25. The summed E-state index contributed by atoms with van der Waals surface area (Å²) in [6.45, 7) is 2.05. The summed E-state index contributed by atoms with van der Waals surface area (Å²) in [4.78, 5) is 2.21. The van der Waals surface area contributed by atoms with E-state index in [4.69, 9.17) is 4.52 Å². The van der Waals surface area contributed by atoms with Crippen LogP contribution in [0, 0.1) is 5.82 Å². The van der Waals surface area contributed by atoms with Crippen LogP contribution in [0.1, 0.15) is 19.3 Å². The molecule has 1 aromatic carbocycles. The zero-order chi connectivity index (χ0) is 12.4. The number of benzene rings is 1. The van der Waals surface area contributed by atoms with Crippen LogP contribution in [0.3, 0.4) is 0 Å². The van der Waals surface area contributed by atoms with Gasteiger partial charge < -0.3 is 9.42 Å². The third-order valence-corrected chi connectivity index (χ3v) is 3.31. The van der Waals surface area contributed by atoms with Gasteiger partial charge in [-0.2, -0.15) is 0 Å². The third kappa shape index (κ3) is 2.23. The first kappa shape index (κ1) is 11.3. The highest BCUT2D eigenvalue weighted by Gasteiger charge is 2.16. The molecule has 2 heterocycles. The van der Waals surface area contributed by atoms with Gasteiger partial charge in [-0.05, 0) is 43.5 Å². The molecule has 0 atom stereocenters. The van der Waals surface area contributed by atoms with Gasteiger partial charge >= 0.3 is 0 Å². The number of nitrogens with zero attached hydrogens (tertiary/aromatic N) is 2. The molecule has 1 saturated heterocycles. The first-order valence-corrected chi connectivity index (χ1v) is 6.30. The number of piperidine rings is 1. The van der Waals surface area contributed by atoms with Gasteiger partial charge in [-0.1, -0.05) is 5.16 Å². The Balaban J connectivity index is 1.82. The largest absolute Gasteiger partial charge is 0.341 e. The zero-order valence-corrected chi connectivity index (χ0v) is 10.1. The van der Waals surface area contributed by atoms with Crippen LogP contribution < -0.4 is 4.90 Å². The fourth-order valence-corrected chi connectivity index (χ4v) is 2.29. The Labute approximate surface area is 105 Å². The number of hydrogen-bond donors (Lipinski definition) is 0. The molecule has 0 amide bonds. The van der Waals surface area contributed by atoms with Crippen LogP contribution in [0.2, 0.25) is 0 Å². The van der Waals surface area contributed by atoms with Gasteiger partial charge in [0.1, 0.15) is 11.5 Å². The molecular weight excluding hydrogens is 231 g/mol. The Morgan fingerprint density at radius 3 is 2.50 bits per heavy atom. The summed E-state index contributed by atoms with van der Waals surface area (Å²) >= 11 is 0. The van der Waals surface area contributed by atoms with E-state index in [9.17, 15) is 4.39 Å². The van der Waals surface area contributed by atoms with Crippen molar-refractivity contribution < 1.29 is 8.91 Å². The van der Waals surface area contributed by atoms with E-state index in [2.05, 4.69) is 10.1 Å². The monoisotopic (exact) mass is 246 g/mol. The maximum absolute atomic E-state index is 12.8. The van der Waals surface area contributed by atoms with Crippen LogP contribution in [0.25, 0.3) is 11.3 Å². The highest BCUT2D eigenvalue weighted by Crippen LogP contribution is 2.26. The molecule has 4 heteroatoms. The lowest BCUT2D eigenvalue weighted by Crippen LogP contribution is -2.28. The molecule has 1 aliphatic heterocycles. The minimum atomic E-state index is -0.238. The van der Waals surface area contributed by atoms with Crippen LogP contribution >= 0.6 is 0 Å². The number of hydrogen-bond acceptors (Lipinski definition) is 3. The van der Waals surface area contributed by atoms with Crippen LogP contribution in [-0.2, 0) is 0 Å². The van der Waals surface area contributed by atoms with E-state index in [-0.39, 0.29) is 5.82 Å². The Kier molecular flexibility index (Phi) is 3.00. The van der Waals surface area contributed by atoms with Gasteiger partial charge in [-0.3, -0.25) is 0 Å². The van der Waals surface area contributed by atoms with Crippen molar-refractivity contribution in [3.8, 4) is 11.3 Å². The molecule has 0 aliphatic carbocycles. The van der Waals surface area contributed by atoms with E-state index in [0.29, 0.717) is 0 Å². The molecule has 94 valence electrons. The van der Waals surface area contributed by atoms with Crippen molar-refractivity contribution in [1.82, 2.24) is 5.16 Å². The first-order valence-electron chi connectivity index (χ1n) is 6.30. The number of anilines is 1. The Morgan fingerprint density at radius 1 is 1.06 bits per heavy atom. The Morgan fingerprint density at radius 2 is 1.78 bits per heavy atom. The van der Waals surface area contributed by atoms with Crippen LogP contribution in [-0.4, -0.2) is 18.2 Å². The van der Waals surface area contributed by atoms with Gasteiger partial charge in [0, 0.05) is 24.7 Å². The highest BCUT2D eigenvalue weighted by atomic mass is 19.1. The second-order valence-corrected chi connectivity index (χ2v) is 4.60. The second kappa shape index (κ2) is 4.80. The van der Waals surface area contributed by atoms with Crippen LogP contribution in [0.5, 0.6) is 0 Å². The lowest BCUT2D eigenvalue weighted by atomic mass is 10.1. The maximum Gasteiger partial charge on any atom is 0.227 e. The van der Waals surface area contributed by atoms with E-state index < -0.39 is 0 Å². The van der Waals surface area contributed by atoms with E-state index in [1.54, 1.807) is 12.1 Å². The average Bonchev–Trinajstić information content (AvgIpc) is 2.90. The van der Waals surface area contributed by atoms with Crippen molar-refractivity contribution in [1.29, 1.82) is 0 Å². The Bertz CT molecular complexity index is 515. The van der Waals surface area contributed by atoms with E-state index >= 15 is 0 Å². The molecule has 3 nitrogen and oxygen atoms in total. The van der Waals surface area contributed by atoms with Crippen molar-refractivity contribution in [3.05, 3.63) is 36.1 Å². The zero-order valence-electron chi connectivity index (χ0n) is 10.1. The molecular formula is C14H15FN2O. The molecule has 0 bridgehead atoms. The summed E-state index contributed by atoms with van der Waals surface area (Å²) in [5.41, 5.74) is 1.64. The molecule has 1 aromatic heterocycles. The van der Waals surface area contributed by atoms with E-state index in [1.165, 1.54) is 31.4 Å². The quantitative estimate of drug-likeness (QED) is 0.812. The van der Waals surface area contributed by atoms with Gasteiger partial charge in [-0.25, -0.2) is 4.39 Å². The van der Waals surface area contributed by atoms with Crippen molar-refractivity contribution in [2.24, 2.45) is 0 Å². The van der Waals surface area contributed by atoms with Crippen molar-refractivity contribution in [3.63, 3.8) is 0 Å². The predicted molar refractivity (Wildman–Crippen MR) is 68.0 cm³/mol. The minimum Gasteiger partial charge on any atom is -0.341 e. The average molecular weight is 246 g/mol. The number of halogens is 1. The predicted octanol–water partition coefficient (Wildman–Crippen LogP) is 3.47. The lowest BCUT2D eigenvalue weighted by molar-refractivity contribution is 0.407. The molecule has 0 unspecified atom stereocenters. The van der Waals surface area contributed by atoms with Crippen molar-refractivity contribution in [2.45, 2.75) is 19.3 Å². The van der Waals surface area contributed by atoms with Gasteiger partial charge in [-0.15, -0.1) is 0 Å². The summed E-state index contributed by atoms with van der Waals surface area (Å²) in [5.74, 6) is 0.576. The summed E-state index contributed by atoms with van der Waals surface area (Å²) in [5, 5.41) is 4.05. The third-order valence-electron chi connectivity index (χ3n) is 3.31. The molecule has 1 aliphatic rings. The molecule has 1 fully saturated rings. The molecule has 0 N–H and O–H groups in total. The maximum atomic E-state index is 12.8. The van der Waals surface area contributed by atoms with Crippen molar-refractivity contribution >= 4 is 5.88 Å². The second-order valence-electron chi connectivity index (χ2n) is 4.60. The van der Waals surface area contributed by atoms with E-state index in [1.807, 2.05) is 6.07 Å². The summed E-state index contributed by atoms with van der Waals surface area (Å²) in [6, 6.07) is 8.23. The molecule has 0 saturated carbocycles. The summed E-state index contributed by atoms with van der Waals surface area (Å²) in [6.07, 6.45) is 3.69. The minimum absolute atomic E-state index is 0.238. The molecule has 2 aromatic rings. The molecule has 0 spiro atoms. The topological polar surface area (TPSA) is 29.3 Å². The normalized spacial score (nSPS) is 15.9. The summed E-state index contributed by atoms with van der Waals surface area (Å²) < 4.78 is 18.2. The van der Waals surface area contributed by atoms with E-state index in [0.717, 1.165) is 30.2 Å². The highest BCUT2D eigenvalue weighted by molar-refractivity contribution is 5.62. The van der Waals surface area contributed by atoms with Crippen molar-refractivity contribution in [2.75, 3.05) is 18.0 Å². The van der Waals surface area contributed by atoms with Gasteiger partial charge in [0.15, 0.2) is 0 Å². The summed E-state index contributed by atoms with van der Waals surface area (Å²) in [7, 11) is 0. The molecule has 18 heavy (non-hydrogen) atoms. The Hall–Kier alpha value is -1.84. The SMILES string of the molecule is Fc1ccc(-c2cc(N3CCCCC3)on2)cc1. The number of aromatic nitrogens is 1. The fourth-order valence-electron chi connectivity index (χ4n) is 2.29. The van der Waals surface area contributed by atoms with Gasteiger partial charge in [0.2, 0.25) is 5.88 Å². The van der Waals surface area contributed by atoms with Gasteiger partial charge in [0.05, 0.1) is 0 Å². The van der Waals surface area contributed by atoms with Crippen LogP contribution in [0.15, 0.2) is 34.9 Å². The number of rotatable bonds is 2. The molecule has 0 radical (unpaired) electrons. The smallest absolute Gasteiger partial charge is 0.227 e. The fraction of sp³-hybridized carbons (Fsp3) is 0.357. The molecule has 3 rings (SSSR count). The van der Waals surface area contributed by atoms with Crippen LogP contribution in [0.4, 0.5) is 10.3 Å². The first-order chi connectivity index (χ1) is 8.83. The standard InChI is InChI=1S/C14H15FN2O/c15-12-6-4-11(5-7-12)13-10-14(18-16-13)17-8-2-1-3-9-17/h4-7,10H,1-3,8-9H2. The van der Waals surface area contributed by atoms with Gasteiger partial charge in [0.25, 0.3) is 0 Å².